The van der Waals surface area contributed by atoms with Gasteiger partial charge in [0.2, 0.25) is 11.8 Å². The number of methoxy groups -OCH3 is 1. The number of esters is 1. The second-order valence-corrected chi connectivity index (χ2v) is 16.9. The fourth-order valence-electron chi connectivity index (χ4n) is 8.94. The number of allylic oxidation sites excluding steroid dienone is 2. The van der Waals surface area contributed by atoms with Gasteiger partial charge in [-0.1, -0.05) is 45.6 Å². The second-order valence-electron chi connectivity index (χ2n) is 16.9. The minimum Gasteiger partial charge on any atom is -0.508 e. The first-order valence-corrected chi connectivity index (χ1v) is 20.8. The zero-order valence-electron chi connectivity index (χ0n) is 35.8. The van der Waals surface area contributed by atoms with Gasteiger partial charge in [0.15, 0.2) is 0 Å². The molecule has 13 nitrogen and oxygen atoms in total. The minimum atomic E-state index is -1.08. The molecule has 2 saturated heterocycles. The molecule has 3 N–H and O–H groups in total. The van der Waals surface area contributed by atoms with Crippen LogP contribution in [0.15, 0.2) is 59.7 Å². The number of benzene rings is 2. The summed E-state index contributed by atoms with van der Waals surface area (Å²) in [5.41, 5.74) is 9.31. The van der Waals surface area contributed by atoms with Gasteiger partial charge in [-0.3, -0.25) is 29.2 Å². The standard InChI is InChI=1S/C46H60N6O7/c1-10-34(40(47-11-2)28(5)58-9)42-36-25-46(7,8)26-59-45(57)37-14-13-18-52(49-37)44(56)38(48-43(55)41-27(4)17-19-51(41)29(6)53)22-30-20-32(23-33(54)21-30)31-15-16-39(35(36)24-31)50(42)12-3/h10-11,15-16,20-21,23-24,27-28,37-38,41,49,54H,1,12-14,17-19,22,25-26H2,2-9H3,(H,48,55)/b40-34+,47-11?/t27-,28-,37-,38-,41-/m0/s1. The Balaban J connectivity index is 1.54. The van der Waals surface area contributed by atoms with Gasteiger partial charge in [0.1, 0.15) is 23.9 Å². The monoisotopic (exact) mass is 808 g/mol. The maximum absolute atomic E-state index is 14.4. The lowest BCUT2D eigenvalue weighted by Gasteiger charge is -2.36. The number of aromatic hydroxyl groups is 1. The Bertz CT molecular complexity index is 2190. The van der Waals surface area contributed by atoms with Crippen molar-refractivity contribution in [1.82, 2.24) is 25.2 Å². The van der Waals surface area contributed by atoms with Crippen molar-refractivity contribution in [3.8, 4) is 16.9 Å². The Labute approximate surface area is 347 Å². The first-order chi connectivity index (χ1) is 28.1. The molecule has 0 saturated carbocycles. The van der Waals surface area contributed by atoms with E-state index in [1.807, 2.05) is 39.0 Å². The number of carbonyl (C=O) groups is 4. The molecule has 3 amide bonds. The highest BCUT2D eigenvalue weighted by molar-refractivity contribution is 5.96. The molecule has 6 bridgehead atoms. The molecule has 3 aliphatic heterocycles. The third-order valence-electron chi connectivity index (χ3n) is 12.0. The van der Waals surface area contributed by atoms with Crippen molar-refractivity contribution in [3.63, 3.8) is 0 Å². The van der Waals surface area contributed by atoms with Crippen LogP contribution in [0.5, 0.6) is 5.75 Å². The third kappa shape index (κ3) is 9.01. The number of hydrogen-bond acceptors (Lipinski definition) is 9. The molecule has 13 heteroatoms. The van der Waals surface area contributed by atoms with Crippen LogP contribution in [0.1, 0.15) is 84.5 Å². The summed E-state index contributed by atoms with van der Waals surface area (Å²) < 4.78 is 14.1. The summed E-state index contributed by atoms with van der Waals surface area (Å²) in [5.74, 6) is -1.62. The summed E-state index contributed by atoms with van der Waals surface area (Å²) in [5, 5.41) is 16.6. The van der Waals surface area contributed by atoms with Crippen molar-refractivity contribution >= 4 is 46.4 Å². The maximum Gasteiger partial charge on any atom is 0.324 e. The van der Waals surface area contributed by atoms with Gasteiger partial charge in [-0.15, -0.1) is 0 Å². The van der Waals surface area contributed by atoms with Crippen LogP contribution in [0.3, 0.4) is 0 Å². The largest absolute Gasteiger partial charge is 0.508 e. The Morgan fingerprint density at radius 1 is 1.15 bits per heavy atom. The molecule has 0 aliphatic carbocycles. The molecular weight excluding hydrogens is 749 g/mol. The van der Waals surface area contributed by atoms with E-state index in [9.17, 15) is 24.3 Å². The topological polar surface area (TPSA) is 155 Å². The average molecular weight is 809 g/mol. The number of ether oxygens (including phenoxy) is 2. The van der Waals surface area contributed by atoms with Gasteiger partial charge in [0.05, 0.1) is 24.1 Å². The number of nitrogens with zero attached hydrogens (tertiary/aromatic N) is 4. The molecule has 59 heavy (non-hydrogen) atoms. The fraction of sp³-hybridized carbons (Fsp3) is 0.500. The zero-order valence-corrected chi connectivity index (χ0v) is 35.8. The number of phenols is 1. The zero-order chi connectivity index (χ0) is 42.8. The normalized spacial score (nSPS) is 23.5. The first-order valence-electron chi connectivity index (χ1n) is 20.8. The summed E-state index contributed by atoms with van der Waals surface area (Å²) in [6.07, 6.45) is 5.50. The SMILES string of the molecule is C=C/C(=C(\N=CC)[C@H](C)OC)c1c2c3cc(ccc3n1CC)-c1cc(O)cc(c1)C[C@H](NC(=O)[C@@H]1[C@@H](C)CCN1C(C)=O)C(=O)N1CCC[C@H](N1)C(=O)OCC(C)(C)C2. The number of amides is 3. The summed E-state index contributed by atoms with van der Waals surface area (Å²) >= 11 is 0. The molecule has 316 valence electrons. The number of phenolic OH excluding ortho intramolecular Hbond substituents is 1. The number of hydrazine groups is 1. The van der Waals surface area contributed by atoms with E-state index < -0.39 is 41.3 Å². The van der Waals surface area contributed by atoms with Crippen molar-refractivity contribution < 1.29 is 33.8 Å². The first kappa shape index (κ1) is 43.3. The van der Waals surface area contributed by atoms with E-state index in [2.05, 4.69) is 54.8 Å². The van der Waals surface area contributed by atoms with Crippen LogP contribution in [0, 0.1) is 11.3 Å². The number of aryl methyl sites for hydroxylation is 1. The van der Waals surface area contributed by atoms with Crippen LogP contribution < -0.4 is 10.7 Å². The summed E-state index contributed by atoms with van der Waals surface area (Å²) in [6, 6.07) is 8.87. The quantitative estimate of drug-likeness (QED) is 0.143. The number of cyclic esters (lactones) is 1. The van der Waals surface area contributed by atoms with Gasteiger partial charge < -0.3 is 29.4 Å². The highest BCUT2D eigenvalue weighted by Crippen LogP contribution is 2.40. The predicted molar refractivity (Wildman–Crippen MR) is 229 cm³/mol. The number of aliphatic imine (C=N–C) groups is 1. The predicted octanol–water partition coefficient (Wildman–Crippen LogP) is 5.96. The van der Waals surface area contributed by atoms with E-state index in [0.29, 0.717) is 50.9 Å². The molecule has 1 aromatic heterocycles. The molecule has 0 radical (unpaired) electrons. The lowest BCUT2D eigenvalue weighted by Crippen LogP contribution is -2.61. The van der Waals surface area contributed by atoms with Crippen LogP contribution in [-0.2, 0) is 48.0 Å². The number of likely N-dealkylation sites (tertiary alicyclic amines) is 1. The van der Waals surface area contributed by atoms with Gasteiger partial charge in [-0.25, -0.2) is 5.43 Å². The molecule has 2 aromatic carbocycles. The number of aromatic nitrogens is 1. The molecule has 6 rings (SSSR count). The molecule has 4 heterocycles. The number of rotatable bonds is 8. The fourth-order valence-corrected chi connectivity index (χ4v) is 8.94. The Kier molecular flexibility index (Phi) is 13.2. The highest BCUT2D eigenvalue weighted by Gasteiger charge is 2.41. The Morgan fingerprint density at radius 2 is 1.92 bits per heavy atom. The number of hydrogen-bond donors (Lipinski definition) is 3. The lowest BCUT2D eigenvalue weighted by atomic mass is 9.84. The molecule has 2 fully saturated rings. The Hall–Kier alpha value is -5.27. The smallest absolute Gasteiger partial charge is 0.324 e. The summed E-state index contributed by atoms with van der Waals surface area (Å²) in [7, 11) is 1.66. The van der Waals surface area contributed by atoms with Gasteiger partial charge in [0, 0.05) is 68.2 Å². The molecule has 5 atom stereocenters. The number of fused-ring (bicyclic) bond motifs is 6. The molecule has 3 aromatic rings. The van der Waals surface area contributed by atoms with Crippen molar-refractivity contribution in [2.45, 2.75) is 111 Å². The molecular formula is C46H60N6O7. The average Bonchev–Trinajstić information content (AvgIpc) is 3.75. The molecule has 0 spiro atoms. The van der Waals surface area contributed by atoms with E-state index in [4.69, 9.17) is 14.5 Å². The maximum atomic E-state index is 14.4. The summed E-state index contributed by atoms with van der Waals surface area (Å²) in [6.45, 7) is 19.2. The van der Waals surface area contributed by atoms with Gasteiger partial charge in [-0.05, 0) is 98.9 Å². The third-order valence-corrected chi connectivity index (χ3v) is 12.0. The van der Waals surface area contributed by atoms with Crippen LogP contribution in [-0.4, -0.2) is 101 Å². The number of nitrogens with one attached hydrogen (secondary N) is 2. The Morgan fingerprint density at radius 3 is 2.59 bits per heavy atom. The molecule has 0 unspecified atom stereocenters. The van der Waals surface area contributed by atoms with Crippen LogP contribution in [0.2, 0.25) is 0 Å². The van der Waals surface area contributed by atoms with E-state index >= 15 is 0 Å². The van der Waals surface area contributed by atoms with Crippen molar-refractivity contribution in [1.29, 1.82) is 0 Å². The van der Waals surface area contributed by atoms with Crippen molar-refractivity contribution in [2.75, 3.05) is 26.8 Å². The van der Waals surface area contributed by atoms with E-state index in [1.165, 1.54) is 11.9 Å². The van der Waals surface area contributed by atoms with E-state index in [1.54, 1.807) is 30.4 Å². The van der Waals surface area contributed by atoms with E-state index in [-0.39, 0.29) is 36.7 Å². The van der Waals surface area contributed by atoms with Crippen LogP contribution >= 0.6 is 0 Å². The van der Waals surface area contributed by atoms with Crippen LogP contribution in [0.25, 0.3) is 27.6 Å². The van der Waals surface area contributed by atoms with Gasteiger partial charge >= 0.3 is 5.97 Å². The molecule has 3 aliphatic rings. The van der Waals surface area contributed by atoms with Gasteiger partial charge in [-0.2, -0.15) is 0 Å². The number of carbonyl (C=O) groups excluding carboxylic acids is 4. The van der Waals surface area contributed by atoms with Crippen molar-refractivity contribution in [2.24, 2.45) is 16.3 Å². The second kappa shape index (κ2) is 17.9. The highest BCUT2D eigenvalue weighted by atomic mass is 16.5. The van der Waals surface area contributed by atoms with E-state index in [0.717, 1.165) is 44.6 Å². The minimum absolute atomic E-state index is 0.0104. The summed E-state index contributed by atoms with van der Waals surface area (Å²) in [4.78, 5) is 61.1. The van der Waals surface area contributed by atoms with Gasteiger partial charge in [0.25, 0.3) is 5.91 Å². The van der Waals surface area contributed by atoms with Crippen LogP contribution in [0.4, 0.5) is 0 Å². The lowest BCUT2D eigenvalue weighted by molar-refractivity contribution is -0.155. The van der Waals surface area contributed by atoms with Crippen molar-refractivity contribution in [3.05, 3.63) is 71.6 Å².